The Morgan fingerprint density at radius 3 is 2.63 bits per heavy atom. The van der Waals surface area contributed by atoms with Crippen LogP contribution in [0.5, 0.6) is 5.75 Å². The van der Waals surface area contributed by atoms with Crippen LogP contribution in [0, 0.1) is 5.82 Å². The summed E-state index contributed by atoms with van der Waals surface area (Å²) in [6.45, 7) is 0.296. The number of carbonyl (C=O) groups excluding carboxylic acids is 1. The average molecular weight is 386 g/mol. The van der Waals surface area contributed by atoms with Crippen molar-refractivity contribution in [1.82, 2.24) is 4.98 Å². The summed E-state index contributed by atoms with van der Waals surface area (Å²) in [5.41, 5.74) is 2.61. The highest BCUT2D eigenvalue weighted by molar-refractivity contribution is 6.30. The highest BCUT2D eigenvalue weighted by Crippen LogP contribution is 2.26. The van der Waals surface area contributed by atoms with Crippen LogP contribution in [0.25, 0.3) is 0 Å². The number of esters is 1. The topological polar surface area (TPSA) is 48.4 Å². The molecule has 2 aromatic carbocycles. The fraction of sp³-hybridized carbons (Fsp3) is 0.143. The van der Waals surface area contributed by atoms with Crippen molar-refractivity contribution in [3.05, 3.63) is 94.0 Å². The van der Waals surface area contributed by atoms with Gasteiger partial charge in [-0.3, -0.25) is 0 Å². The molecule has 0 saturated carbocycles. The number of ether oxygens (including phenoxy) is 2. The lowest BCUT2D eigenvalue weighted by atomic mass is 10.1. The molecule has 138 valence electrons. The Kier molecular flexibility index (Phi) is 6.04. The van der Waals surface area contributed by atoms with Crippen LogP contribution < -0.4 is 4.74 Å². The fourth-order valence-corrected chi connectivity index (χ4v) is 2.75. The summed E-state index contributed by atoms with van der Waals surface area (Å²) in [5, 5.41) is 0.572. The van der Waals surface area contributed by atoms with Gasteiger partial charge in [0.15, 0.2) is 0 Å². The Labute approximate surface area is 161 Å². The molecule has 27 heavy (non-hydrogen) atoms. The van der Waals surface area contributed by atoms with Crippen LogP contribution in [-0.4, -0.2) is 18.1 Å². The molecular formula is C21H17ClFNO3. The van der Waals surface area contributed by atoms with Crippen molar-refractivity contribution in [2.24, 2.45) is 0 Å². The molecule has 3 rings (SSSR count). The van der Waals surface area contributed by atoms with Crippen molar-refractivity contribution < 1.29 is 18.7 Å². The number of benzene rings is 2. The molecule has 1 heterocycles. The van der Waals surface area contributed by atoms with Crippen molar-refractivity contribution in [2.45, 2.75) is 13.0 Å². The highest BCUT2D eigenvalue weighted by Gasteiger charge is 2.11. The van der Waals surface area contributed by atoms with Crippen LogP contribution >= 0.6 is 11.6 Å². The molecule has 0 N–H and O–H groups in total. The van der Waals surface area contributed by atoms with Gasteiger partial charge >= 0.3 is 5.97 Å². The number of hydrogen-bond donors (Lipinski definition) is 0. The maximum Gasteiger partial charge on any atom is 0.356 e. The zero-order valence-corrected chi connectivity index (χ0v) is 15.4. The Morgan fingerprint density at radius 1 is 1.11 bits per heavy atom. The van der Waals surface area contributed by atoms with Gasteiger partial charge in [-0.05, 0) is 48.0 Å². The minimum atomic E-state index is -0.490. The lowest BCUT2D eigenvalue weighted by Crippen LogP contribution is -2.06. The SMILES string of the molecule is COC(=O)c1cccc(Cc2cc(Cl)ccc2OCc2ccc(F)cc2)n1. The van der Waals surface area contributed by atoms with Crippen molar-refractivity contribution in [1.29, 1.82) is 0 Å². The van der Waals surface area contributed by atoms with Crippen LogP contribution in [0.2, 0.25) is 5.02 Å². The number of rotatable bonds is 6. The lowest BCUT2D eigenvalue weighted by molar-refractivity contribution is 0.0593. The van der Waals surface area contributed by atoms with E-state index in [2.05, 4.69) is 4.98 Å². The summed E-state index contributed by atoms with van der Waals surface area (Å²) >= 11 is 6.13. The van der Waals surface area contributed by atoms with Crippen molar-refractivity contribution >= 4 is 17.6 Å². The van der Waals surface area contributed by atoms with Gasteiger partial charge in [0, 0.05) is 22.7 Å². The van der Waals surface area contributed by atoms with E-state index in [4.69, 9.17) is 21.1 Å². The molecule has 0 bridgehead atoms. The van der Waals surface area contributed by atoms with Crippen LogP contribution in [0.15, 0.2) is 60.7 Å². The second-order valence-corrected chi connectivity index (χ2v) is 6.29. The molecule has 0 radical (unpaired) electrons. The van der Waals surface area contributed by atoms with Gasteiger partial charge in [0.25, 0.3) is 0 Å². The molecular weight excluding hydrogens is 369 g/mol. The second-order valence-electron chi connectivity index (χ2n) is 5.85. The quantitative estimate of drug-likeness (QED) is 0.570. The Hall–Kier alpha value is -2.92. The standard InChI is InChI=1S/C21H17ClFNO3/c1-26-21(25)19-4-2-3-18(24-19)12-15-11-16(22)7-10-20(15)27-13-14-5-8-17(23)9-6-14/h2-11H,12-13H2,1H3. The minimum absolute atomic E-state index is 0.241. The largest absolute Gasteiger partial charge is 0.489 e. The van der Waals surface area contributed by atoms with Gasteiger partial charge in [-0.2, -0.15) is 0 Å². The van der Waals surface area contributed by atoms with Crippen LogP contribution in [-0.2, 0) is 17.8 Å². The van der Waals surface area contributed by atoms with E-state index in [1.165, 1.54) is 19.2 Å². The summed E-state index contributed by atoms with van der Waals surface area (Å²) in [5.74, 6) is -0.132. The van der Waals surface area contributed by atoms with Crippen LogP contribution in [0.4, 0.5) is 4.39 Å². The monoisotopic (exact) mass is 385 g/mol. The summed E-state index contributed by atoms with van der Waals surface area (Å²) in [4.78, 5) is 16.0. The summed E-state index contributed by atoms with van der Waals surface area (Å²) in [6, 6.07) is 16.6. The average Bonchev–Trinajstić information content (AvgIpc) is 2.68. The molecule has 4 nitrogen and oxygen atoms in total. The molecule has 3 aromatic rings. The molecule has 6 heteroatoms. The molecule has 0 aliphatic heterocycles. The minimum Gasteiger partial charge on any atom is -0.489 e. The first-order chi connectivity index (χ1) is 13.0. The van der Waals surface area contributed by atoms with Gasteiger partial charge in [-0.15, -0.1) is 0 Å². The van der Waals surface area contributed by atoms with Gasteiger partial charge in [0.05, 0.1) is 7.11 Å². The number of hydrogen-bond acceptors (Lipinski definition) is 4. The Balaban J connectivity index is 1.80. The number of halogens is 2. The van der Waals surface area contributed by atoms with Crippen LogP contribution in [0.1, 0.15) is 27.3 Å². The third-order valence-electron chi connectivity index (χ3n) is 3.90. The van der Waals surface area contributed by atoms with Crippen molar-refractivity contribution in [3.8, 4) is 5.75 Å². The summed E-state index contributed by atoms with van der Waals surface area (Å²) in [7, 11) is 1.31. The first-order valence-electron chi connectivity index (χ1n) is 8.25. The van der Waals surface area contributed by atoms with E-state index in [0.29, 0.717) is 29.5 Å². The normalized spacial score (nSPS) is 10.5. The van der Waals surface area contributed by atoms with Gasteiger partial charge in [0.2, 0.25) is 0 Å². The number of carbonyl (C=O) groups is 1. The predicted molar refractivity (Wildman–Crippen MR) is 101 cm³/mol. The van der Waals surface area contributed by atoms with Gasteiger partial charge in [0.1, 0.15) is 23.9 Å². The van der Waals surface area contributed by atoms with Crippen LogP contribution in [0.3, 0.4) is 0 Å². The predicted octanol–water partition coefficient (Wildman–Crippen LogP) is 4.83. The second kappa shape index (κ2) is 8.64. The van der Waals surface area contributed by atoms with E-state index in [1.54, 1.807) is 42.5 Å². The molecule has 0 aliphatic rings. The first kappa shape index (κ1) is 18.9. The molecule has 1 aromatic heterocycles. The van der Waals surface area contributed by atoms with E-state index >= 15 is 0 Å². The first-order valence-corrected chi connectivity index (χ1v) is 8.63. The van der Waals surface area contributed by atoms with E-state index in [0.717, 1.165) is 11.1 Å². The number of aromatic nitrogens is 1. The van der Waals surface area contributed by atoms with Gasteiger partial charge in [-0.25, -0.2) is 14.2 Å². The summed E-state index contributed by atoms with van der Waals surface area (Å²) < 4.78 is 23.6. The maximum atomic E-state index is 13.0. The third kappa shape index (κ3) is 5.05. The molecule has 0 saturated heterocycles. The van der Waals surface area contributed by atoms with Crippen molar-refractivity contribution in [3.63, 3.8) is 0 Å². The zero-order chi connectivity index (χ0) is 19.2. The molecule has 0 spiro atoms. The third-order valence-corrected chi connectivity index (χ3v) is 4.14. The Bertz CT molecular complexity index is 944. The molecule has 0 amide bonds. The molecule has 0 fully saturated rings. The molecule has 0 atom stereocenters. The molecule has 0 unspecified atom stereocenters. The van der Waals surface area contributed by atoms with E-state index in [9.17, 15) is 9.18 Å². The van der Waals surface area contributed by atoms with E-state index in [-0.39, 0.29) is 11.5 Å². The smallest absolute Gasteiger partial charge is 0.356 e. The maximum absolute atomic E-state index is 13.0. The fourth-order valence-electron chi connectivity index (χ4n) is 2.56. The van der Waals surface area contributed by atoms with Gasteiger partial charge < -0.3 is 9.47 Å². The van der Waals surface area contributed by atoms with E-state index < -0.39 is 5.97 Å². The molecule has 0 aliphatic carbocycles. The van der Waals surface area contributed by atoms with Crippen molar-refractivity contribution in [2.75, 3.05) is 7.11 Å². The Morgan fingerprint density at radius 2 is 1.89 bits per heavy atom. The summed E-state index contributed by atoms with van der Waals surface area (Å²) in [6.07, 6.45) is 0.435. The highest BCUT2D eigenvalue weighted by atomic mass is 35.5. The van der Waals surface area contributed by atoms with Gasteiger partial charge in [-0.1, -0.05) is 29.8 Å². The number of methoxy groups -OCH3 is 1. The number of pyridine rings is 1. The lowest BCUT2D eigenvalue weighted by Gasteiger charge is -2.12. The number of nitrogens with zero attached hydrogens (tertiary/aromatic N) is 1. The zero-order valence-electron chi connectivity index (χ0n) is 14.6. The van der Waals surface area contributed by atoms with E-state index in [1.807, 2.05) is 6.07 Å².